The van der Waals surface area contributed by atoms with Crippen molar-refractivity contribution in [3.63, 3.8) is 0 Å². The number of nitrogens with zero attached hydrogens (tertiary/aromatic N) is 1. The zero-order valence-electron chi connectivity index (χ0n) is 14.2. The molecule has 0 unspecified atom stereocenters. The van der Waals surface area contributed by atoms with Crippen LogP contribution in [0.15, 0.2) is 0 Å². The first-order valence-electron chi connectivity index (χ1n) is 8.44. The van der Waals surface area contributed by atoms with Gasteiger partial charge in [0, 0.05) is 13.1 Å². The van der Waals surface area contributed by atoms with E-state index in [1.54, 1.807) is 0 Å². The van der Waals surface area contributed by atoms with E-state index < -0.39 is 0 Å². The predicted octanol–water partition coefficient (Wildman–Crippen LogP) is 4.16. The fourth-order valence-corrected chi connectivity index (χ4v) is 2.64. The number of rotatable bonds is 7. The molecule has 1 fully saturated rings. The number of likely N-dealkylation sites (N-methyl/N-ethyl adjacent to an activating group) is 2. The first kappa shape index (κ1) is 18.9. The lowest BCUT2D eigenvalue weighted by Gasteiger charge is -2.24. The maximum atomic E-state index is 3.13. The molecule has 0 amide bonds. The van der Waals surface area contributed by atoms with Crippen molar-refractivity contribution >= 4 is 0 Å². The van der Waals surface area contributed by atoms with Gasteiger partial charge in [0.05, 0.1) is 0 Å². The van der Waals surface area contributed by atoms with Crippen LogP contribution in [-0.4, -0.2) is 38.6 Å². The van der Waals surface area contributed by atoms with Crippen LogP contribution in [0.4, 0.5) is 0 Å². The Morgan fingerprint density at radius 3 is 2.16 bits per heavy atom. The van der Waals surface area contributed by atoms with Crippen molar-refractivity contribution < 1.29 is 0 Å². The predicted molar refractivity (Wildman–Crippen MR) is 87.7 cm³/mol. The van der Waals surface area contributed by atoms with Crippen LogP contribution < -0.4 is 5.32 Å². The standard InChI is InChI=1S/C9H18.C8H20N2/c1-8(2)9-6-4-3-5-7-9;1-4-5-7-10(3)8-6-9-2/h8-9H,3-7H2,1-2H3;9H,4-8H2,1-3H3. The smallest absolute Gasteiger partial charge is 0.0104 e. The van der Waals surface area contributed by atoms with Crippen molar-refractivity contribution in [3.8, 4) is 0 Å². The van der Waals surface area contributed by atoms with Gasteiger partial charge in [-0.3, -0.25) is 0 Å². The Hall–Kier alpha value is -0.0800. The van der Waals surface area contributed by atoms with Crippen molar-refractivity contribution in [2.24, 2.45) is 11.8 Å². The first-order chi connectivity index (χ1) is 9.11. The van der Waals surface area contributed by atoms with E-state index >= 15 is 0 Å². The van der Waals surface area contributed by atoms with Crippen molar-refractivity contribution in [2.45, 2.75) is 65.7 Å². The average molecular weight is 271 g/mol. The molecule has 19 heavy (non-hydrogen) atoms. The number of unbranched alkanes of at least 4 members (excludes halogenated alkanes) is 1. The molecule has 0 aliphatic heterocycles. The Morgan fingerprint density at radius 1 is 1.11 bits per heavy atom. The van der Waals surface area contributed by atoms with Crippen LogP contribution in [0.5, 0.6) is 0 Å². The topological polar surface area (TPSA) is 15.3 Å². The van der Waals surface area contributed by atoms with Gasteiger partial charge in [-0.05, 0) is 38.9 Å². The van der Waals surface area contributed by atoms with Crippen molar-refractivity contribution in [3.05, 3.63) is 0 Å². The molecule has 1 rings (SSSR count). The van der Waals surface area contributed by atoms with E-state index in [0.29, 0.717) is 0 Å². The Morgan fingerprint density at radius 2 is 1.74 bits per heavy atom. The number of hydrogen-bond donors (Lipinski definition) is 1. The molecule has 0 bridgehead atoms. The highest BCUT2D eigenvalue weighted by Gasteiger charge is 2.15. The normalized spacial score (nSPS) is 16.6. The summed E-state index contributed by atoms with van der Waals surface area (Å²) < 4.78 is 0. The molecule has 2 heteroatoms. The van der Waals surface area contributed by atoms with Crippen molar-refractivity contribution in [1.29, 1.82) is 0 Å². The molecule has 0 aromatic rings. The molecule has 1 aliphatic rings. The molecule has 0 aromatic carbocycles. The fourth-order valence-electron chi connectivity index (χ4n) is 2.64. The van der Waals surface area contributed by atoms with E-state index in [4.69, 9.17) is 0 Å². The molecular formula is C17H38N2. The van der Waals surface area contributed by atoms with Gasteiger partial charge in [0.2, 0.25) is 0 Å². The quantitative estimate of drug-likeness (QED) is 0.747. The summed E-state index contributed by atoms with van der Waals surface area (Å²) in [6.45, 7) is 10.4. The van der Waals surface area contributed by atoms with Gasteiger partial charge in [-0.15, -0.1) is 0 Å². The molecule has 0 radical (unpaired) electrons. The zero-order valence-corrected chi connectivity index (χ0v) is 14.2. The number of hydrogen-bond acceptors (Lipinski definition) is 2. The van der Waals surface area contributed by atoms with Gasteiger partial charge in [0.1, 0.15) is 0 Å². The van der Waals surface area contributed by atoms with Gasteiger partial charge in [0.15, 0.2) is 0 Å². The molecular weight excluding hydrogens is 232 g/mol. The molecule has 0 atom stereocenters. The van der Waals surface area contributed by atoms with Crippen molar-refractivity contribution in [2.75, 3.05) is 33.7 Å². The summed E-state index contributed by atoms with van der Waals surface area (Å²) >= 11 is 0. The Bertz CT molecular complexity index is 166. The highest BCUT2D eigenvalue weighted by atomic mass is 15.1. The maximum absolute atomic E-state index is 3.13. The highest BCUT2D eigenvalue weighted by molar-refractivity contribution is 4.67. The highest BCUT2D eigenvalue weighted by Crippen LogP contribution is 2.29. The zero-order chi connectivity index (χ0) is 14.5. The third-order valence-corrected chi connectivity index (χ3v) is 4.23. The van der Waals surface area contributed by atoms with Gasteiger partial charge in [-0.2, -0.15) is 0 Å². The van der Waals surface area contributed by atoms with E-state index in [0.717, 1.165) is 24.9 Å². The Balaban J connectivity index is 0.000000342. The second-order valence-electron chi connectivity index (χ2n) is 6.40. The molecule has 1 N–H and O–H groups in total. The molecule has 0 saturated heterocycles. The van der Waals surface area contributed by atoms with Crippen LogP contribution in [0.2, 0.25) is 0 Å². The monoisotopic (exact) mass is 270 g/mol. The largest absolute Gasteiger partial charge is 0.318 e. The second kappa shape index (κ2) is 12.9. The van der Waals surface area contributed by atoms with Crippen LogP contribution in [0.25, 0.3) is 0 Å². The molecule has 1 saturated carbocycles. The van der Waals surface area contributed by atoms with E-state index in [2.05, 4.69) is 38.0 Å². The van der Waals surface area contributed by atoms with Crippen LogP contribution >= 0.6 is 0 Å². The minimum absolute atomic E-state index is 0.935. The molecule has 0 heterocycles. The summed E-state index contributed by atoms with van der Waals surface area (Å²) in [4.78, 5) is 2.36. The van der Waals surface area contributed by atoms with E-state index in [9.17, 15) is 0 Å². The average Bonchev–Trinajstić information content (AvgIpc) is 2.44. The van der Waals surface area contributed by atoms with Crippen LogP contribution in [0.1, 0.15) is 65.7 Å². The lowest BCUT2D eigenvalue weighted by Crippen LogP contribution is -2.28. The van der Waals surface area contributed by atoms with Crippen molar-refractivity contribution in [1.82, 2.24) is 10.2 Å². The SMILES string of the molecule is CC(C)C1CCCCC1.CCCCN(C)CCNC. The summed E-state index contributed by atoms with van der Waals surface area (Å²) in [5.41, 5.74) is 0. The lowest BCUT2D eigenvalue weighted by molar-refractivity contribution is 0.279. The summed E-state index contributed by atoms with van der Waals surface area (Å²) in [6, 6.07) is 0. The molecule has 0 spiro atoms. The van der Waals surface area contributed by atoms with Crippen LogP contribution in [-0.2, 0) is 0 Å². The summed E-state index contributed by atoms with van der Waals surface area (Å²) in [6.07, 6.45) is 10.1. The molecule has 0 aromatic heterocycles. The summed E-state index contributed by atoms with van der Waals surface area (Å²) in [5.74, 6) is 1.99. The third kappa shape index (κ3) is 11.4. The molecule has 116 valence electrons. The minimum Gasteiger partial charge on any atom is -0.318 e. The summed E-state index contributed by atoms with van der Waals surface area (Å²) in [5, 5.41) is 3.13. The Kier molecular flexibility index (Phi) is 12.9. The van der Waals surface area contributed by atoms with E-state index in [-0.39, 0.29) is 0 Å². The van der Waals surface area contributed by atoms with Gasteiger partial charge >= 0.3 is 0 Å². The Labute approximate surface area is 122 Å². The number of nitrogens with one attached hydrogen (secondary N) is 1. The van der Waals surface area contributed by atoms with Gasteiger partial charge in [-0.25, -0.2) is 0 Å². The lowest BCUT2D eigenvalue weighted by atomic mass is 9.82. The third-order valence-electron chi connectivity index (χ3n) is 4.23. The first-order valence-corrected chi connectivity index (χ1v) is 8.44. The van der Waals surface area contributed by atoms with Gasteiger partial charge in [0.25, 0.3) is 0 Å². The summed E-state index contributed by atoms with van der Waals surface area (Å²) in [7, 11) is 4.17. The maximum Gasteiger partial charge on any atom is 0.0104 e. The van der Waals surface area contributed by atoms with E-state index in [1.807, 2.05) is 7.05 Å². The van der Waals surface area contributed by atoms with Gasteiger partial charge in [-0.1, -0.05) is 59.3 Å². The minimum atomic E-state index is 0.935. The van der Waals surface area contributed by atoms with Crippen LogP contribution in [0, 0.1) is 11.8 Å². The molecule has 1 aliphatic carbocycles. The van der Waals surface area contributed by atoms with Crippen LogP contribution in [0.3, 0.4) is 0 Å². The van der Waals surface area contributed by atoms with E-state index in [1.165, 1.54) is 51.5 Å². The van der Waals surface area contributed by atoms with Gasteiger partial charge < -0.3 is 10.2 Å². The second-order valence-corrected chi connectivity index (χ2v) is 6.40. The molecule has 2 nitrogen and oxygen atoms in total. The fraction of sp³-hybridized carbons (Fsp3) is 1.00.